The zero-order chi connectivity index (χ0) is 12.3. The molecule has 0 bridgehead atoms. The molecule has 1 fully saturated rings. The van der Waals surface area contributed by atoms with Crippen molar-refractivity contribution in [1.29, 1.82) is 0 Å². The summed E-state index contributed by atoms with van der Waals surface area (Å²) in [6.07, 6.45) is 5.08. The molecule has 2 rings (SSSR count). The molecule has 0 atom stereocenters. The molecular formula is C12H15ClF2N2. The number of aromatic nitrogens is 1. The highest BCUT2D eigenvalue weighted by Gasteiger charge is 2.27. The molecule has 17 heavy (non-hydrogen) atoms. The third-order valence-corrected chi connectivity index (χ3v) is 3.38. The predicted octanol–water partition coefficient (Wildman–Crippen LogP) is 3.35. The van der Waals surface area contributed by atoms with Crippen molar-refractivity contribution in [3.8, 4) is 0 Å². The van der Waals surface area contributed by atoms with Gasteiger partial charge in [-0.3, -0.25) is 0 Å². The van der Waals surface area contributed by atoms with Crippen molar-refractivity contribution in [3.05, 3.63) is 23.9 Å². The first-order chi connectivity index (χ1) is 8.22. The molecule has 0 N–H and O–H groups in total. The molecule has 0 radical (unpaired) electrons. The van der Waals surface area contributed by atoms with Gasteiger partial charge in [-0.2, -0.15) is 0 Å². The van der Waals surface area contributed by atoms with Crippen molar-refractivity contribution in [3.63, 3.8) is 0 Å². The van der Waals surface area contributed by atoms with E-state index in [0.717, 1.165) is 37.9 Å². The Hall–Kier alpha value is -0.900. The number of rotatable bonds is 5. The maximum absolute atomic E-state index is 13.7. The molecule has 1 aliphatic carbocycles. The van der Waals surface area contributed by atoms with E-state index in [9.17, 15) is 8.78 Å². The third-order valence-electron chi connectivity index (χ3n) is 3.11. The van der Waals surface area contributed by atoms with Gasteiger partial charge >= 0.3 is 0 Å². The van der Waals surface area contributed by atoms with Crippen molar-refractivity contribution in [1.82, 2.24) is 4.98 Å². The van der Waals surface area contributed by atoms with Gasteiger partial charge in [0.05, 0.1) is 6.20 Å². The monoisotopic (exact) mass is 260 g/mol. The van der Waals surface area contributed by atoms with Gasteiger partial charge < -0.3 is 4.90 Å². The van der Waals surface area contributed by atoms with Crippen LogP contribution in [-0.2, 0) is 0 Å². The lowest BCUT2D eigenvalue weighted by atomic mass is 9.91. The molecule has 1 heterocycles. The molecule has 1 aliphatic rings. The van der Waals surface area contributed by atoms with E-state index in [1.807, 2.05) is 4.90 Å². The molecule has 94 valence electrons. The Kier molecular flexibility index (Phi) is 4.15. The Labute approximate surface area is 105 Å². The second-order valence-corrected chi connectivity index (χ2v) is 4.66. The zero-order valence-corrected chi connectivity index (χ0v) is 10.3. The Balaban J connectivity index is 2.17. The van der Waals surface area contributed by atoms with Crippen molar-refractivity contribution < 1.29 is 8.78 Å². The van der Waals surface area contributed by atoms with Gasteiger partial charge in [-0.15, -0.1) is 11.6 Å². The van der Waals surface area contributed by atoms with Crippen molar-refractivity contribution >= 4 is 17.4 Å². The first-order valence-electron chi connectivity index (χ1n) is 5.86. The summed E-state index contributed by atoms with van der Waals surface area (Å²) in [4.78, 5) is 5.78. The van der Waals surface area contributed by atoms with Gasteiger partial charge in [0.2, 0.25) is 0 Å². The summed E-state index contributed by atoms with van der Waals surface area (Å²) in [6, 6.07) is 1.21. The lowest BCUT2D eigenvalue weighted by Crippen LogP contribution is -2.42. The van der Waals surface area contributed by atoms with Gasteiger partial charge in [0, 0.05) is 24.5 Å². The van der Waals surface area contributed by atoms with Gasteiger partial charge in [0.25, 0.3) is 0 Å². The second kappa shape index (κ2) is 5.63. The Morgan fingerprint density at radius 3 is 2.71 bits per heavy atom. The fraction of sp³-hybridized carbons (Fsp3) is 0.583. The summed E-state index contributed by atoms with van der Waals surface area (Å²) in [5.74, 6) is -0.448. The zero-order valence-electron chi connectivity index (χ0n) is 9.50. The minimum absolute atomic E-state index is 0.251. The summed E-state index contributed by atoms with van der Waals surface area (Å²) >= 11 is 5.66. The molecule has 0 aromatic carbocycles. The quantitative estimate of drug-likeness (QED) is 0.755. The van der Waals surface area contributed by atoms with Crippen LogP contribution in [0.2, 0.25) is 0 Å². The molecule has 1 aromatic rings. The van der Waals surface area contributed by atoms with Crippen LogP contribution in [-0.4, -0.2) is 23.5 Å². The van der Waals surface area contributed by atoms with Crippen LogP contribution in [0.25, 0.3) is 0 Å². The summed E-state index contributed by atoms with van der Waals surface area (Å²) in [5, 5.41) is 0. The molecule has 0 unspecified atom stereocenters. The summed E-state index contributed by atoms with van der Waals surface area (Å²) in [7, 11) is 0. The van der Waals surface area contributed by atoms with Gasteiger partial charge in [0.15, 0.2) is 11.6 Å². The van der Waals surface area contributed by atoms with E-state index in [2.05, 4.69) is 4.98 Å². The van der Waals surface area contributed by atoms with E-state index < -0.39 is 11.6 Å². The number of hydrogen-bond acceptors (Lipinski definition) is 2. The fourth-order valence-corrected chi connectivity index (χ4v) is 2.13. The SMILES string of the molecule is Fc1cnc(N(CCCCl)C2CCC2)c(F)c1. The highest BCUT2D eigenvalue weighted by Crippen LogP contribution is 2.30. The molecule has 2 nitrogen and oxygen atoms in total. The molecule has 1 aromatic heterocycles. The highest BCUT2D eigenvalue weighted by molar-refractivity contribution is 6.17. The number of hydrogen-bond donors (Lipinski definition) is 0. The first-order valence-corrected chi connectivity index (χ1v) is 6.39. The van der Waals surface area contributed by atoms with E-state index in [-0.39, 0.29) is 5.82 Å². The molecule has 0 aliphatic heterocycles. The van der Waals surface area contributed by atoms with Crippen LogP contribution in [0.1, 0.15) is 25.7 Å². The van der Waals surface area contributed by atoms with E-state index in [1.54, 1.807) is 0 Å². The van der Waals surface area contributed by atoms with Crippen LogP contribution >= 0.6 is 11.6 Å². The maximum Gasteiger partial charge on any atom is 0.168 e. The second-order valence-electron chi connectivity index (χ2n) is 4.28. The van der Waals surface area contributed by atoms with E-state index in [1.165, 1.54) is 0 Å². The topological polar surface area (TPSA) is 16.1 Å². The van der Waals surface area contributed by atoms with Crippen LogP contribution in [0.4, 0.5) is 14.6 Å². The average Bonchev–Trinajstić information content (AvgIpc) is 2.22. The van der Waals surface area contributed by atoms with Crippen molar-refractivity contribution in [2.75, 3.05) is 17.3 Å². The number of halogens is 3. The van der Waals surface area contributed by atoms with Crippen LogP contribution in [0.3, 0.4) is 0 Å². The van der Waals surface area contributed by atoms with Crippen LogP contribution in [0.15, 0.2) is 12.3 Å². The molecule has 0 saturated heterocycles. The van der Waals surface area contributed by atoms with Crippen molar-refractivity contribution in [2.24, 2.45) is 0 Å². The number of alkyl halides is 1. The molecule has 1 saturated carbocycles. The molecule has 0 amide bonds. The van der Waals surface area contributed by atoms with E-state index in [0.29, 0.717) is 18.5 Å². The Morgan fingerprint density at radius 2 is 2.18 bits per heavy atom. The molecular weight excluding hydrogens is 246 g/mol. The standard InChI is InChI=1S/C12H15ClF2N2/c13-5-2-6-17(10-3-1-4-10)12-11(15)7-9(14)8-16-12/h7-8,10H,1-6H2. The summed E-state index contributed by atoms with van der Waals surface area (Å²) in [5.41, 5.74) is 0. The van der Waals surface area contributed by atoms with Crippen LogP contribution in [0.5, 0.6) is 0 Å². The van der Waals surface area contributed by atoms with Crippen LogP contribution < -0.4 is 4.90 Å². The van der Waals surface area contributed by atoms with E-state index in [4.69, 9.17) is 11.6 Å². The maximum atomic E-state index is 13.7. The minimum Gasteiger partial charge on any atom is -0.351 e. The first kappa shape index (κ1) is 12.6. The third kappa shape index (κ3) is 2.86. The van der Waals surface area contributed by atoms with Gasteiger partial charge in [0.1, 0.15) is 5.82 Å². The molecule has 5 heteroatoms. The number of anilines is 1. The number of nitrogens with zero attached hydrogens (tertiary/aromatic N) is 2. The highest BCUT2D eigenvalue weighted by atomic mass is 35.5. The van der Waals surface area contributed by atoms with E-state index >= 15 is 0 Å². The Bertz CT molecular complexity index is 383. The minimum atomic E-state index is -0.642. The van der Waals surface area contributed by atoms with Gasteiger partial charge in [-0.25, -0.2) is 13.8 Å². The van der Waals surface area contributed by atoms with Gasteiger partial charge in [-0.1, -0.05) is 0 Å². The average molecular weight is 261 g/mol. The molecule has 0 spiro atoms. The van der Waals surface area contributed by atoms with Crippen LogP contribution in [0, 0.1) is 11.6 Å². The smallest absolute Gasteiger partial charge is 0.168 e. The normalized spacial score (nSPS) is 15.7. The summed E-state index contributed by atoms with van der Waals surface area (Å²) in [6.45, 7) is 0.670. The van der Waals surface area contributed by atoms with Gasteiger partial charge in [-0.05, 0) is 25.7 Å². The van der Waals surface area contributed by atoms with Crippen molar-refractivity contribution in [2.45, 2.75) is 31.7 Å². The fourth-order valence-electron chi connectivity index (χ4n) is 2.01. The Morgan fingerprint density at radius 1 is 1.41 bits per heavy atom. The predicted molar refractivity (Wildman–Crippen MR) is 64.5 cm³/mol. The summed E-state index contributed by atoms with van der Waals surface area (Å²) < 4.78 is 26.5. The number of pyridine rings is 1. The largest absolute Gasteiger partial charge is 0.351 e. The lowest BCUT2D eigenvalue weighted by molar-refractivity contribution is 0.379. The lowest BCUT2D eigenvalue weighted by Gasteiger charge is -2.38.